The number of hydrogen-bond donors (Lipinski definition) is 1. The van der Waals surface area contributed by atoms with E-state index < -0.39 is 10.0 Å². The third-order valence-electron chi connectivity index (χ3n) is 3.26. The van der Waals surface area contributed by atoms with Crippen LogP contribution in [0.25, 0.3) is 0 Å². The summed E-state index contributed by atoms with van der Waals surface area (Å²) in [7, 11) is -1.75. The molecule has 19 heavy (non-hydrogen) atoms. The van der Waals surface area contributed by atoms with E-state index in [9.17, 15) is 8.42 Å². The molecular weight excluding hydrogens is 307 g/mol. The Hall–Kier alpha value is -0.330. The Morgan fingerprint density at radius 2 is 2.00 bits per heavy atom. The third-order valence-corrected chi connectivity index (χ3v) is 6.08. The molecule has 0 radical (unpaired) electrons. The van der Waals surface area contributed by atoms with Crippen molar-refractivity contribution in [2.24, 2.45) is 5.92 Å². The highest BCUT2D eigenvalue weighted by atomic mass is 35.5. The Labute approximate surface area is 123 Å². The van der Waals surface area contributed by atoms with Gasteiger partial charge in [0.1, 0.15) is 4.90 Å². The highest BCUT2D eigenvalue weighted by Gasteiger charge is 2.34. The fraction of sp³-hybridized carbons (Fsp3) is 0.500. The number of nitrogens with one attached hydrogen (secondary N) is 1. The Morgan fingerprint density at radius 1 is 1.37 bits per heavy atom. The molecule has 7 heteroatoms. The van der Waals surface area contributed by atoms with E-state index in [1.165, 1.54) is 4.31 Å². The fourth-order valence-corrected chi connectivity index (χ4v) is 4.95. The lowest BCUT2D eigenvalue weighted by Gasteiger charge is -2.18. The number of rotatable bonds is 4. The molecular formula is C12H16Cl2N2O2S. The van der Waals surface area contributed by atoms with Gasteiger partial charge in [-0.15, -0.1) is 0 Å². The van der Waals surface area contributed by atoms with Gasteiger partial charge < -0.3 is 5.32 Å². The first-order valence-electron chi connectivity index (χ1n) is 6.05. The summed E-state index contributed by atoms with van der Waals surface area (Å²) in [6.07, 6.45) is 0.849. The van der Waals surface area contributed by atoms with Gasteiger partial charge in [-0.1, -0.05) is 29.3 Å². The van der Waals surface area contributed by atoms with Crippen molar-refractivity contribution in [1.82, 2.24) is 9.62 Å². The molecule has 1 N–H and O–H groups in total. The molecule has 1 aliphatic heterocycles. The first-order valence-corrected chi connectivity index (χ1v) is 8.25. The van der Waals surface area contributed by atoms with Crippen molar-refractivity contribution >= 4 is 33.2 Å². The largest absolute Gasteiger partial charge is 0.319 e. The maximum Gasteiger partial charge on any atom is 0.246 e. The summed E-state index contributed by atoms with van der Waals surface area (Å²) >= 11 is 12.0. The highest BCUT2D eigenvalue weighted by molar-refractivity contribution is 7.89. The van der Waals surface area contributed by atoms with Crippen molar-refractivity contribution < 1.29 is 8.42 Å². The molecule has 0 bridgehead atoms. The minimum Gasteiger partial charge on any atom is -0.319 e. The molecule has 1 aromatic carbocycles. The molecule has 1 saturated heterocycles. The number of sulfonamides is 1. The molecule has 1 fully saturated rings. The second-order valence-electron chi connectivity index (χ2n) is 4.63. The van der Waals surface area contributed by atoms with Gasteiger partial charge in [-0.05, 0) is 38.1 Å². The minimum atomic E-state index is -3.61. The molecule has 4 nitrogen and oxygen atoms in total. The molecule has 1 aliphatic rings. The van der Waals surface area contributed by atoms with E-state index >= 15 is 0 Å². The molecule has 2 rings (SSSR count). The van der Waals surface area contributed by atoms with Crippen LogP contribution in [0.15, 0.2) is 23.1 Å². The van der Waals surface area contributed by atoms with Gasteiger partial charge in [0.05, 0.1) is 10.0 Å². The van der Waals surface area contributed by atoms with Crippen molar-refractivity contribution in [2.45, 2.75) is 11.3 Å². The molecule has 0 aliphatic carbocycles. The topological polar surface area (TPSA) is 49.4 Å². The second kappa shape index (κ2) is 5.97. The quantitative estimate of drug-likeness (QED) is 0.924. The highest BCUT2D eigenvalue weighted by Crippen LogP contribution is 2.33. The van der Waals surface area contributed by atoms with E-state index in [0.29, 0.717) is 19.0 Å². The molecule has 0 aromatic heterocycles. The van der Waals surface area contributed by atoms with E-state index in [2.05, 4.69) is 5.32 Å². The van der Waals surface area contributed by atoms with Crippen LogP contribution in [-0.2, 0) is 10.0 Å². The predicted molar refractivity (Wildman–Crippen MR) is 77.3 cm³/mol. The van der Waals surface area contributed by atoms with E-state index in [1.54, 1.807) is 18.2 Å². The van der Waals surface area contributed by atoms with Crippen LogP contribution in [0.1, 0.15) is 6.42 Å². The normalized spacial score (nSPS) is 20.9. The molecule has 0 saturated carbocycles. The summed E-state index contributed by atoms with van der Waals surface area (Å²) in [6, 6.07) is 4.72. The molecule has 0 spiro atoms. The lowest BCUT2D eigenvalue weighted by molar-refractivity contribution is 0.451. The van der Waals surface area contributed by atoms with E-state index in [0.717, 1.165) is 13.0 Å². The minimum absolute atomic E-state index is 0.0171. The van der Waals surface area contributed by atoms with Crippen LogP contribution < -0.4 is 5.32 Å². The van der Waals surface area contributed by atoms with Crippen LogP contribution in [0.3, 0.4) is 0 Å². The molecule has 1 heterocycles. The Morgan fingerprint density at radius 3 is 2.58 bits per heavy atom. The number of nitrogens with zero attached hydrogens (tertiary/aromatic N) is 1. The number of hydrogen-bond acceptors (Lipinski definition) is 3. The molecule has 0 amide bonds. The third kappa shape index (κ3) is 3.06. The molecule has 1 aromatic rings. The van der Waals surface area contributed by atoms with Gasteiger partial charge in [-0.25, -0.2) is 8.42 Å². The Kier molecular flexibility index (Phi) is 4.74. The van der Waals surface area contributed by atoms with Crippen molar-refractivity contribution in [1.29, 1.82) is 0 Å². The average Bonchev–Trinajstić information content (AvgIpc) is 2.78. The van der Waals surface area contributed by atoms with Crippen LogP contribution >= 0.6 is 23.2 Å². The summed E-state index contributed by atoms with van der Waals surface area (Å²) in [5.41, 5.74) is 0. The van der Waals surface area contributed by atoms with Crippen LogP contribution in [0.2, 0.25) is 10.0 Å². The van der Waals surface area contributed by atoms with Crippen LogP contribution in [-0.4, -0.2) is 39.4 Å². The van der Waals surface area contributed by atoms with Crippen LogP contribution in [0.5, 0.6) is 0 Å². The van der Waals surface area contributed by atoms with Crippen molar-refractivity contribution in [3.05, 3.63) is 28.2 Å². The first-order chi connectivity index (χ1) is 8.96. The number of halogens is 2. The first kappa shape index (κ1) is 15.1. The van der Waals surface area contributed by atoms with Gasteiger partial charge in [0.25, 0.3) is 0 Å². The summed E-state index contributed by atoms with van der Waals surface area (Å²) in [4.78, 5) is 0.0171. The van der Waals surface area contributed by atoms with Gasteiger partial charge >= 0.3 is 0 Å². The van der Waals surface area contributed by atoms with Gasteiger partial charge in [0, 0.05) is 13.1 Å². The van der Waals surface area contributed by atoms with Crippen LogP contribution in [0, 0.1) is 5.92 Å². The lowest BCUT2D eigenvalue weighted by Crippen LogP contribution is -2.30. The van der Waals surface area contributed by atoms with Gasteiger partial charge in [0.15, 0.2) is 0 Å². The van der Waals surface area contributed by atoms with E-state index in [4.69, 9.17) is 23.2 Å². The Balaban J connectivity index is 2.29. The SMILES string of the molecule is CNCC1CCN(S(=O)(=O)c2c(Cl)cccc2Cl)C1. The lowest BCUT2D eigenvalue weighted by atomic mass is 10.1. The zero-order chi connectivity index (χ0) is 14.0. The predicted octanol–water partition coefficient (Wildman–Crippen LogP) is 2.22. The van der Waals surface area contributed by atoms with Crippen molar-refractivity contribution in [2.75, 3.05) is 26.7 Å². The van der Waals surface area contributed by atoms with Gasteiger partial charge in [-0.3, -0.25) is 0 Å². The maximum absolute atomic E-state index is 12.6. The summed E-state index contributed by atoms with van der Waals surface area (Å²) in [5, 5.41) is 3.41. The van der Waals surface area contributed by atoms with Crippen LogP contribution in [0.4, 0.5) is 0 Å². The average molecular weight is 323 g/mol. The summed E-state index contributed by atoms with van der Waals surface area (Å²) < 4.78 is 26.6. The monoisotopic (exact) mass is 322 g/mol. The second-order valence-corrected chi connectivity index (χ2v) is 7.32. The maximum atomic E-state index is 12.6. The van der Waals surface area contributed by atoms with Crippen molar-refractivity contribution in [3.63, 3.8) is 0 Å². The Bertz CT molecular complexity index is 543. The van der Waals surface area contributed by atoms with E-state index in [1.807, 2.05) is 7.05 Å². The summed E-state index contributed by atoms with van der Waals surface area (Å²) in [5.74, 6) is 0.334. The van der Waals surface area contributed by atoms with Gasteiger partial charge in [0.2, 0.25) is 10.0 Å². The molecule has 106 valence electrons. The van der Waals surface area contributed by atoms with Gasteiger partial charge in [-0.2, -0.15) is 4.31 Å². The van der Waals surface area contributed by atoms with E-state index in [-0.39, 0.29) is 14.9 Å². The number of benzene rings is 1. The zero-order valence-electron chi connectivity index (χ0n) is 10.6. The standard InChI is InChI=1S/C12H16Cl2N2O2S/c1-15-7-9-5-6-16(8-9)19(17,18)12-10(13)3-2-4-11(12)14/h2-4,9,15H,5-8H2,1H3. The fourth-order valence-electron chi connectivity index (χ4n) is 2.33. The zero-order valence-corrected chi connectivity index (χ0v) is 12.9. The summed E-state index contributed by atoms with van der Waals surface area (Å²) in [6.45, 7) is 1.82. The smallest absolute Gasteiger partial charge is 0.246 e. The molecule has 1 atom stereocenters. The molecule has 1 unspecified atom stereocenters. The van der Waals surface area contributed by atoms with Crippen molar-refractivity contribution in [3.8, 4) is 0 Å².